The molecule has 0 aromatic rings. The first-order valence-corrected chi connectivity index (χ1v) is 4.66. The van der Waals surface area contributed by atoms with Crippen molar-refractivity contribution in [2.24, 2.45) is 5.41 Å². The van der Waals surface area contributed by atoms with E-state index in [4.69, 9.17) is 0 Å². The van der Waals surface area contributed by atoms with Gasteiger partial charge in [0.15, 0.2) is 0 Å². The minimum atomic E-state index is -6.80. The van der Waals surface area contributed by atoms with E-state index in [0.29, 0.717) is 0 Å². The Morgan fingerprint density at radius 2 is 0.944 bits per heavy atom. The first-order valence-electron chi connectivity index (χ1n) is 4.66. The zero-order valence-corrected chi connectivity index (χ0v) is 9.61. The minimum absolute atomic E-state index is 1.02. The van der Waals surface area contributed by atoms with Gasteiger partial charge in [0.25, 0.3) is 0 Å². The molecule has 0 amide bonds. The maximum atomic E-state index is 13.0. The highest BCUT2D eigenvalue weighted by molar-refractivity contribution is 5.01. The van der Waals surface area contributed by atoms with Crippen LogP contribution in [0.5, 0.6) is 0 Å². The van der Waals surface area contributed by atoms with E-state index in [1.165, 1.54) is 0 Å². The average molecular weight is 290 g/mol. The molecule has 0 radical (unpaired) electrons. The molecule has 0 atom stereocenters. The quantitative estimate of drug-likeness (QED) is 0.649. The largest absolute Gasteiger partial charge is 0.460 e. The molecular formula is C9H11F9. The summed E-state index contributed by atoms with van der Waals surface area (Å²) < 4.78 is 112. The second-order valence-corrected chi connectivity index (χ2v) is 5.09. The van der Waals surface area contributed by atoms with Gasteiger partial charge in [-0.3, -0.25) is 0 Å². The molecule has 0 saturated heterocycles. The molecular weight excluding hydrogens is 279 g/mol. The van der Waals surface area contributed by atoms with Crippen LogP contribution >= 0.6 is 0 Å². The molecule has 0 nitrogen and oxygen atoms in total. The van der Waals surface area contributed by atoms with Gasteiger partial charge >= 0.3 is 23.9 Å². The Morgan fingerprint density at radius 3 is 1.17 bits per heavy atom. The van der Waals surface area contributed by atoms with Crippen molar-refractivity contribution in [3.63, 3.8) is 0 Å². The Balaban J connectivity index is 5.50. The number of alkyl halides is 9. The molecule has 0 N–H and O–H groups in total. The van der Waals surface area contributed by atoms with Crippen LogP contribution in [0.15, 0.2) is 0 Å². The normalized spacial score (nSPS) is 16.0. The van der Waals surface area contributed by atoms with Crippen LogP contribution < -0.4 is 0 Å². The number of rotatable bonds is 3. The summed E-state index contributed by atoms with van der Waals surface area (Å²) in [5, 5.41) is 0. The SMILES string of the molecule is CC(C)(C)CC(F)(F)C(F)(F)C(F)(F)C(F)(F)F. The smallest absolute Gasteiger partial charge is 0.200 e. The molecule has 0 heterocycles. The minimum Gasteiger partial charge on any atom is -0.200 e. The number of hydrogen-bond acceptors (Lipinski definition) is 0. The van der Waals surface area contributed by atoms with E-state index in [9.17, 15) is 39.5 Å². The Kier molecular flexibility index (Phi) is 4.05. The monoisotopic (exact) mass is 290 g/mol. The molecule has 0 aromatic carbocycles. The lowest BCUT2D eigenvalue weighted by molar-refractivity contribution is -0.398. The highest BCUT2D eigenvalue weighted by Gasteiger charge is 2.81. The maximum Gasteiger partial charge on any atom is 0.460 e. The van der Waals surface area contributed by atoms with E-state index >= 15 is 0 Å². The van der Waals surface area contributed by atoms with Crippen molar-refractivity contribution >= 4 is 0 Å². The van der Waals surface area contributed by atoms with Crippen molar-refractivity contribution in [3.05, 3.63) is 0 Å². The summed E-state index contributed by atoms with van der Waals surface area (Å²) >= 11 is 0. The molecule has 9 heteroatoms. The Hall–Kier alpha value is -0.630. The maximum absolute atomic E-state index is 13.0. The second kappa shape index (κ2) is 4.19. The van der Waals surface area contributed by atoms with Crippen LogP contribution in [0.4, 0.5) is 39.5 Å². The van der Waals surface area contributed by atoms with Crippen molar-refractivity contribution in [2.45, 2.75) is 51.1 Å². The third-order valence-electron chi connectivity index (χ3n) is 1.96. The fourth-order valence-corrected chi connectivity index (χ4v) is 1.18. The van der Waals surface area contributed by atoms with Gasteiger partial charge in [-0.2, -0.15) is 39.5 Å². The first-order chi connectivity index (χ1) is 7.46. The predicted octanol–water partition coefficient (Wildman–Crippen LogP) is 4.89. The fraction of sp³-hybridized carbons (Fsp3) is 1.00. The number of hydrogen-bond donors (Lipinski definition) is 0. The topological polar surface area (TPSA) is 0 Å². The van der Waals surface area contributed by atoms with E-state index in [-0.39, 0.29) is 0 Å². The molecule has 0 bridgehead atoms. The highest BCUT2D eigenvalue weighted by Crippen LogP contribution is 2.55. The van der Waals surface area contributed by atoms with Gasteiger partial charge in [-0.05, 0) is 5.41 Å². The summed E-state index contributed by atoms with van der Waals surface area (Å²) in [6.45, 7) is 3.05. The van der Waals surface area contributed by atoms with Crippen LogP contribution in [0.2, 0.25) is 0 Å². The summed E-state index contributed by atoms with van der Waals surface area (Å²) in [7, 11) is 0. The lowest BCUT2D eigenvalue weighted by atomic mass is 9.85. The zero-order chi connectivity index (χ0) is 15.2. The van der Waals surface area contributed by atoms with Gasteiger partial charge in [0.1, 0.15) is 0 Å². The molecule has 0 spiro atoms. The van der Waals surface area contributed by atoms with Crippen molar-refractivity contribution in [1.82, 2.24) is 0 Å². The Morgan fingerprint density at radius 1 is 0.611 bits per heavy atom. The molecule has 0 fully saturated rings. The van der Waals surface area contributed by atoms with E-state index in [0.717, 1.165) is 20.8 Å². The molecule has 0 rings (SSSR count). The van der Waals surface area contributed by atoms with E-state index in [1.54, 1.807) is 0 Å². The highest BCUT2D eigenvalue weighted by atomic mass is 19.4. The molecule has 0 aliphatic carbocycles. The lowest BCUT2D eigenvalue weighted by Gasteiger charge is -2.36. The molecule has 0 aliphatic rings. The standard InChI is InChI=1S/C9H11F9/c1-5(2,3)4-6(10,11)7(12,13)8(14,15)9(16,17)18/h4H2,1-3H3. The average Bonchev–Trinajstić information content (AvgIpc) is 1.95. The van der Waals surface area contributed by atoms with Gasteiger partial charge in [0.05, 0.1) is 0 Å². The summed E-state index contributed by atoms with van der Waals surface area (Å²) in [6.07, 6.45) is -8.56. The third kappa shape index (κ3) is 3.03. The van der Waals surface area contributed by atoms with E-state index < -0.39 is 35.8 Å². The molecule has 0 aromatic heterocycles. The molecule has 0 unspecified atom stereocenters. The zero-order valence-electron chi connectivity index (χ0n) is 9.61. The van der Waals surface area contributed by atoms with Crippen molar-refractivity contribution in [1.29, 1.82) is 0 Å². The van der Waals surface area contributed by atoms with Gasteiger partial charge in [-0.15, -0.1) is 0 Å². The summed E-state index contributed by atoms with van der Waals surface area (Å²) in [5.41, 5.74) is -1.55. The summed E-state index contributed by atoms with van der Waals surface area (Å²) in [4.78, 5) is 0. The van der Waals surface area contributed by atoms with Crippen molar-refractivity contribution in [3.8, 4) is 0 Å². The van der Waals surface area contributed by atoms with Crippen LogP contribution in [0.25, 0.3) is 0 Å². The first kappa shape index (κ1) is 17.4. The molecule has 0 saturated carbocycles. The van der Waals surface area contributed by atoms with E-state index in [1.807, 2.05) is 0 Å². The molecule has 110 valence electrons. The fourth-order valence-electron chi connectivity index (χ4n) is 1.18. The second-order valence-electron chi connectivity index (χ2n) is 5.09. The summed E-state index contributed by atoms with van der Waals surface area (Å²) in [5.74, 6) is -18.8. The van der Waals surface area contributed by atoms with Crippen molar-refractivity contribution in [2.75, 3.05) is 0 Å². The number of halogens is 9. The van der Waals surface area contributed by atoms with Gasteiger partial charge in [-0.1, -0.05) is 20.8 Å². The van der Waals surface area contributed by atoms with Gasteiger partial charge in [0.2, 0.25) is 0 Å². The van der Waals surface area contributed by atoms with Crippen LogP contribution in [-0.2, 0) is 0 Å². The predicted molar refractivity (Wildman–Crippen MR) is 45.0 cm³/mol. The van der Waals surface area contributed by atoms with Crippen LogP contribution in [0.1, 0.15) is 27.2 Å². The summed E-state index contributed by atoms with van der Waals surface area (Å²) in [6, 6.07) is 0. The van der Waals surface area contributed by atoms with Gasteiger partial charge in [-0.25, -0.2) is 0 Å². The Labute approximate surface area is 97.1 Å². The molecule has 0 aliphatic heterocycles. The Bertz CT molecular complexity index is 294. The molecule has 18 heavy (non-hydrogen) atoms. The third-order valence-corrected chi connectivity index (χ3v) is 1.96. The lowest BCUT2D eigenvalue weighted by Crippen LogP contribution is -2.61. The van der Waals surface area contributed by atoms with Crippen LogP contribution in [0, 0.1) is 5.41 Å². The van der Waals surface area contributed by atoms with Gasteiger partial charge in [0, 0.05) is 6.42 Å². The van der Waals surface area contributed by atoms with E-state index in [2.05, 4.69) is 0 Å². The van der Waals surface area contributed by atoms with Gasteiger partial charge < -0.3 is 0 Å². The van der Waals surface area contributed by atoms with Crippen LogP contribution in [-0.4, -0.2) is 23.9 Å². The van der Waals surface area contributed by atoms with Crippen LogP contribution in [0.3, 0.4) is 0 Å². The van der Waals surface area contributed by atoms with Crippen molar-refractivity contribution < 1.29 is 39.5 Å².